The van der Waals surface area contributed by atoms with E-state index in [9.17, 15) is 0 Å². The molecule has 0 unspecified atom stereocenters. The van der Waals surface area contributed by atoms with Crippen LogP contribution in [-0.4, -0.2) is 15.0 Å². The van der Waals surface area contributed by atoms with E-state index < -0.39 is 0 Å². The van der Waals surface area contributed by atoms with Crippen LogP contribution < -0.4 is 0 Å². The lowest BCUT2D eigenvalue weighted by atomic mass is 9.89. The SMILES string of the molecule is c1ccc(-c2cc(-c3cccc(-c4ccccc4-c4cc5ccccc5c5c4sc4ccccc45)c3)cc(-c3nc(-c4ccccc4)nc(-c4cccc5oc6ccccc6c45)n3)c2)cc1. The molecule has 0 amide bonds. The van der Waals surface area contributed by atoms with Gasteiger partial charge in [0.25, 0.3) is 0 Å². The first-order valence-corrected chi connectivity index (χ1v) is 23.0. The van der Waals surface area contributed by atoms with Crippen LogP contribution in [0, 0.1) is 0 Å². The average molecular weight is 860 g/mol. The number of thiophene rings is 1. The second kappa shape index (κ2) is 15.6. The quantitative estimate of drug-likeness (QED) is 0.160. The third-order valence-corrected chi connectivity index (χ3v) is 13.9. The van der Waals surface area contributed by atoms with E-state index in [4.69, 9.17) is 19.4 Å². The summed E-state index contributed by atoms with van der Waals surface area (Å²) in [5.41, 5.74) is 13.4. The molecule has 0 spiro atoms. The molecule has 13 aromatic rings. The highest BCUT2D eigenvalue weighted by Crippen LogP contribution is 2.47. The van der Waals surface area contributed by atoms with Crippen LogP contribution in [0.3, 0.4) is 0 Å². The molecule has 5 heteroatoms. The number of furan rings is 1. The van der Waals surface area contributed by atoms with Crippen molar-refractivity contribution in [1.29, 1.82) is 0 Å². The Morgan fingerprint density at radius 3 is 1.68 bits per heavy atom. The van der Waals surface area contributed by atoms with Crippen LogP contribution in [0.4, 0.5) is 0 Å². The fourth-order valence-corrected chi connectivity index (χ4v) is 10.9. The Morgan fingerprint density at radius 1 is 0.303 bits per heavy atom. The molecule has 3 heterocycles. The Bertz CT molecular complexity index is 4000. The Kier molecular flexibility index (Phi) is 9.00. The van der Waals surface area contributed by atoms with Crippen LogP contribution in [0.25, 0.3) is 132 Å². The molecule has 0 atom stereocenters. The molecule has 66 heavy (non-hydrogen) atoms. The molecular formula is C61H37N3OS. The smallest absolute Gasteiger partial charge is 0.164 e. The van der Waals surface area contributed by atoms with E-state index in [1.54, 1.807) is 0 Å². The van der Waals surface area contributed by atoms with E-state index in [0.717, 1.165) is 66.4 Å². The van der Waals surface area contributed by atoms with Crippen LogP contribution in [-0.2, 0) is 0 Å². The van der Waals surface area contributed by atoms with Gasteiger partial charge in [-0.2, -0.15) is 0 Å². The summed E-state index contributed by atoms with van der Waals surface area (Å²) in [6.45, 7) is 0. The first-order chi connectivity index (χ1) is 32.7. The Morgan fingerprint density at radius 2 is 0.848 bits per heavy atom. The van der Waals surface area contributed by atoms with Crippen LogP contribution in [0.1, 0.15) is 0 Å². The molecule has 0 aliphatic carbocycles. The maximum absolute atomic E-state index is 6.33. The van der Waals surface area contributed by atoms with Gasteiger partial charge in [-0.15, -0.1) is 11.3 Å². The molecule has 0 aliphatic heterocycles. The van der Waals surface area contributed by atoms with E-state index in [-0.39, 0.29) is 0 Å². The zero-order valence-corrected chi connectivity index (χ0v) is 36.3. The highest BCUT2D eigenvalue weighted by Gasteiger charge is 2.20. The molecule has 0 N–H and O–H groups in total. The number of fused-ring (bicyclic) bond motifs is 8. The third kappa shape index (κ3) is 6.48. The normalized spacial score (nSPS) is 11.6. The second-order valence-corrected chi connectivity index (χ2v) is 17.7. The molecule has 0 saturated carbocycles. The average Bonchev–Trinajstić information content (AvgIpc) is 3.98. The van der Waals surface area contributed by atoms with Gasteiger partial charge in [0.2, 0.25) is 0 Å². The van der Waals surface area contributed by atoms with Gasteiger partial charge in [0.15, 0.2) is 17.5 Å². The monoisotopic (exact) mass is 859 g/mol. The van der Waals surface area contributed by atoms with Crippen molar-refractivity contribution in [3.8, 4) is 78.7 Å². The highest BCUT2D eigenvalue weighted by molar-refractivity contribution is 7.26. The van der Waals surface area contributed by atoms with Gasteiger partial charge in [-0.1, -0.05) is 176 Å². The van der Waals surface area contributed by atoms with Gasteiger partial charge in [-0.05, 0) is 98.2 Å². The van der Waals surface area contributed by atoms with Crippen LogP contribution in [0.5, 0.6) is 0 Å². The van der Waals surface area contributed by atoms with Crippen molar-refractivity contribution < 1.29 is 4.42 Å². The zero-order chi connectivity index (χ0) is 43.6. The summed E-state index contributed by atoms with van der Waals surface area (Å²) < 4.78 is 8.93. The fraction of sp³-hybridized carbons (Fsp3) is 0. The van der Waals surface area contributed by atoms with Gasteiger partial charge in [-0.3, -0.25) is 0 Å². The Balaban J connectivity index is 0.995. The number of rotatable bonds is 7. The largest absolute Gasteiger partial charge is 0.456 e. The first kappa shape index (κ1) is 38.0. The molecule has 13 rings (SSSR count). The highest BCUT2D eigenvalue weighted by atomic mass is 32.1. The molecule has 4 nitrogen and oxygen atoms in total. The zero-order valence-electron chi connectivity index (χ0n) is 35.5. The van der Waals surface area contributed by atoms with Crippen molar-refractivity contribution in [3.05, 3.63) is 224 Å². The summed E-state index contributed by atoms with van der Waals surface area (Å²) in [6, 6.07) is 79.4. The van der Waals surface area contributed by atoms with Crippen LogP contribution in [0.2, 0.25) is 0 Å². The number of hydrogen-bond acceptors (Lipinski definition) is 5. The fourth-order valence-electron chi connectivity index (χ4n) is 9.63. The Hall–Kier alpha value is -8.51. The first-order valence-electron chi connectivity index (χ1n) is 22.2. The van der Waals surface area contributed by atoms with Gasteiger partial charge < -0.3 is 4.42 Å². The number of benzene rings is 10. The minimum Gasteiger partial charge on any atom is -0.456 e. The van der Waals surface area contributed by atoms with Gasteiger partial charge >= 0.3 is 0 Å². The third-order valence-electron chi connectivity index (χ3n) is 12.7. The van der Waals surface area contributed by atoms with Crippen LogP contribution in [0.15, 0.2) is 229 Å². The maximum atomic E-state index is 6.33. The summed E-state index contributed by atoms with van der Waals surface area (Å²) in [5.74, 6) is 1.78. The van der Waals surface area contributed by atoms with Crippen LogP contribution >= 0.6 is 11.3 Å². The van der Waals surface area contributed by atoms with Crippen molar-refractivity contribution in [3.63, 3.8) is 0 Å². The standard InChI is InChI=1S/C61H37N3OS/c1-3-17-38(18-4-1)43-34-44(36-45(35-43)60-62-59(39-19-5-2-6-20-39)63-61(64-60)51-29-16-31-54-56(51)49-27-11-13-30-53(49)65-54)40-22-15-23-41(33-40)46-24-9-10-26-48(46)52-37-42-21-7-8-25-47(42)57-50-28-12-14-32-55(50)66-58(52)57/h1-37H. The lowest BCUT2D eigenvalue weighted by molar-refractivity contribution is 0.669. The van der Waals surface area contributed by atoms with E-state index >= 15 is 0 Å². The Labute approximate surface area is 384 Å². The lowest BCUT2D eigenvalue weighted by Crippen LogP contribution is -2.01. The predicted molar refractivity (Wildman–Crippen MR) is 276 cm³/mol. The minimum absolute atomic E-state index is 0.586. The molecule has 0 aliphatic rings. The number of aromatic nitrogens is 3. The second-order valence-electron chi connectivity index (χ2n) is 16.7. The van der Waals surface area contributed by atoms with Gasteiger partial charge in [0, 0.05) is 53.2 Å². The topological polar surface area (TPSA) is 51.8 Å². The molecule has 0 radical (unpaired) electrons. The summed E-state index contributed by atoms with van der Waals surface area (Å²) in [5, 5.41) is 7.16. The number of hydrogen-bond donors (Lipinski definition) is 0. The number of para-hydroxylation sites is 1. The molecule has 3 aromatic heterocycles. The van der Waals surface area contributed by atoms with E-state index in [1.807, 2.05) is 59.9 Å². The van der Waals surface area contributed by atoms with Crippen molar-refractivity contribution in [2.75, 3.05) is 0 Å². The molecule has 308 valence electrons. The van der Waals surface area contributed by atoms with Gasteiger partial charge in [0.1, 0.15) is 11.2 Å². The summed E-state index contributed by atoms with van der Waals surface area (Å²) in [7, 11) is 0. The molecule has 0 bridgehead atoms. The summed E-state index contributed by atoms with van der Waals surface area (Å²) in [4.78, 5) is 15.7. The van der Waals surface area contributed by atoms with E-state index in [1.165, 1.54) is 47.6 Å². The predicted octanol–water partition coefficient (Wildman–Crippen LogP) is 17.0. The van der Waals surface area contributed by atoms with Crippen molar-refractivity contribution in [1.82, 2.24) is 15.0 Å². The molecular weight excluding hydrogens is 823 g/mol. The van der Waals surface area contributed by atoms with Gasteiger partial charge in [0.05, 0.1) is 0 Å². The molecule has 0 saturated heterocycles. The maximum Gasteiger partial charge on any atom is 0.164 e. The van der Waals surface area contributed by atoms with Crippen molar-refractivity contribution in [2.45, 2.75) is 0 Å². The van der Waals surface area contributed by atoms with Gasteiger partial charge in [-0.25, -0.2) is 15.0 Å². The summed E-state index contributed by atoms with van der Waals surface area (Å²) in [6.07, 6.45) is 0. The van der Waals surface area contributed by atoms with E-state index in [2.05, 4.69) is 176 Å². The van der Waals surface area contributed by atoms with Crippen molar-refractivity contribution >= 4 is 64.2 Å². The minimum atomic E-state index is 0.586. The molecule has 10 aromatic carbocycles. The number of nitrogens with zero attached hydrogens (tertiary/aromatic N) is 3. The lowest BCUT2D eigenvalue weighted by Gasteiger charge is -2.15. The molecule has 0 fully saturated rings. The van der Waals surface area contributed by atoms with Crippen molar-refractivity contribution in [2.24, 2.45) is 0 Å². The summed E-state index contributed by atoms with van der Waals surface area (Å²) >= 11 is 1.88. The van der Waals surface area contributed by atoms with E-state index in [0.29, 0.717) is 17.5 Å².